The molecule has 2 aliphatic heterocycles. The lowest BCUT2D eigenvalue weighted by Gasteiger charge is -2.49. The van der Waals surface area contributed by atoms with Crippen LogP contribution in [0.4, 0.5) is 9.93 Å². The molecule has 5 rings (SSSR count). The zero-order valence-electron chi connectivity index (χ0n) is 36.2. The molecule has 0 bridgehead atoms. The summed E-state index contributed by atoms with van der Waals surface area (Å²) >= 11 is 2.88. The first-order valence-electron chi connectivity index (χ1n) is 19.5. The molecule has 22 heteroatoms. The van der Waals surface area contributed by atoms with Gasteiger partial charge in [-0.2, -0.15) is 0 Å². The highest BCUT2D eigenvalue weighted by atomic mass is 127. The van der Waals surface area contributed by atoms with E-state index < -0.39 is 87.5 Å². The van der Waals surface area contributed by atoms with Crippen LogP contribution in [-0.4, -0.2) is 109 Å². The molecule has 0 saturated carbocycles. The van der Waals surface area contributed by atoms with Gasteiger partial charge in [0.05, 0.1) is 37.2 Å². The molecule has 3 amide bonds. The Morgan fingerprint density at radius 1 is 0.906 bits per heavy atom. The maximum Gasteiger partial charge on any atom is 0.413 e. The van der Waals surface area contributed by atoms with E-state index in [0.717, 1.165) is 16.2 Å². The van der Waals surface area contributed by atoms with E-state index in [0.29, 0.717) is 28.2 Å². The Morgan fingerprint density at radius 3 is 2.03 bits per heavy atom. The van der Waals surface area contributed by atoms with Crippen molar-refractivity contribution in [2.75, 3.05) is 29.7 Å². The number of aromatic nitrogens is 1. The maximum atomic E-state index is 14.2. The highest BCUT2D eigenvalue weighted by molar-refractivity contribution is 14.1. The number of oxime groups is 1. The number of alkyl halides is 1. The van der Waals surface area contributed by atoms with Gasteiger partial charge in [-0.05, 0) is 82.5 Å². The van der Waals surface area contributed by atoms with E-state index >= 15 is 0 Å². The minimum absolute atomic E-state index is 0.0255. The third-order valence-corrected chi connectivity index (χ3v) is 12.1. The Labute approximate surface area is 389 Å². The van der Waals surface area contributed by atoms with Gasteiger partial charge in [-0.1, -0.05) is 52.0 Å². The van der Waals surface area contributed by atoms with E-state index in [1.165, 1.54) is 19.6 Å². The molecule has 2 aromatic carbocycles. The van der Waals surface area contributed by atoms with Crippen molar-refractivity contribution in [3.8, 4) is 11.5 Å². The zero-order valence-corrected chi connectivity index (χ0v) is 40.0. The smallest absolute Gasteiger partial charge is 0.413 e. The van der Waals surface area contributed by atoms with Crippen LogP contribution in [-0.2, 0) is 71.8 Å². The van der Waals surface area contributed by atoms with E-state index in [9.17, 15) is 33.0 Å². The lowest BCUT2D eigenvalue weighted by Crippen LogP contribution is -2.74. The third-order valence-electron chi connectivity index (χ3n) is 8.79. The molecule has 2 N–H and O–H groups in total. The number of hydrogen-bond donors (Lipinski definition) is 2. The van der Waals surface area contributed by atoms with Gasteiger partial charge in [0.15, 0.2) is 10.8 Å². The molecule has 344 valence electrons. The van der Waals surface area contributed by atoms with Gasteiger partial charge >= 0.3 is 24.0 Å². The van der Waals surface area contributed by atoms with E-state index in [1.807, 2.05) is 22.6 Å². The Kier molecular flexibility index (Phi) is 16.5. The number of benzene rings is 2. The first-order valence-corrected chi connectivity index (χ1v) is 23.3. The van der Waals surface area contributed by atoms with Gasteiger partial charge < -0.3 is 38.6 Å². The highest BCUT2D eigenvalue weighted by Gasteiger charge is 2.57. The number of carbonyl (C=O) groups excluding carboxylic acids is 6. The predicted octanol–water partition coefficient (Wildman–Crippen LogP) is 4.92. The molecule has 1 saturated heterocycles. The summed E-state index contributed by atoms with van der Waals surface area (Å²) in [7, 11) is 1.24. The van der Waals surface area contributed by atoms with Gasteiger partial charge in [0.2, 0.25) is 6.10 Å². The molecule has 1 unspecified atom stereocenters. The summed E-state index contributed by atoms with van der Waals surface area (Å²) in [4.78, 5) is 91.6. The summed E-state index contributed by atoms with van der Waals surface area (Å²) in [6, 6.07) is 12.1. The van der Waals surface area contributed by atoms with Gasteiger partial charge in [-0.25, -0.2) is 19.4 Å². The van der Waals surface area contributed by atoms with Crippen LogP contribution >= 0.6 is 33.9 Å². The van der Waals surface area contributed by atoms with Crippen molar-refractivity contribution in [1.82, 2.24) is 15.2 Å². The van der Waals surface area contributed by atoms with Crippen LogP contribution in [0.25, 0.3) is 0 Å². The molecule has 0 aliphatic carbocycles. The van der Waals surface area contributed by atoms with Crippen molar-refractivity contribution in [1.29, 1.82) is 0 Å². The minimum Gasteiger partial charge on any atom is -0.497 e. The van der Waals surface area contributed by atoms with Gasteiger partial charge in [-0.3, -0.25) is 28.8 Å². The fourth-order valence-electron chi connectivity index (χ4n) is 5.91. The molecule has 3 aromatic rings. The van der Waals surface area contributed by atoms with Gasteiger partial charge in [0.25, 0.3) is 11.8 Å². The van der Waals surface area contributed by atoms with Gasteiger partial charge in [-0.15, -0.1) is 11.3 Å². The number of anilines is 1. The minimum atomic E-state index is -1.79. The molecule has 64 heavy (non-hydrogen) atoms. The van der Waals surface area contributed by atoms with E-state index in [2.05, 4.69) is 20.8 Å². The molecule has 0 spiro atoms. The number of thiazole rings is 1. The first kappa shape index (κ1) is 49.4. The number of amides is 3. The molecule has 4 atom stereocenters. The van der Waals surface area contributed by atoms with Gasteiger partial charge in [0.1, 0.15) is 58.7 Å². The largest absolute Gasteiger partial charge is 0.497 e. The van der Waals surface area contributed by atoms with Crippen LogP contribution in [0.15, 0.2) is 70.3 Å². The van der Waals surface area contributed by atoms with Crippen LogP contribution in [0.1, 0.15) is 64.8 Å². The molecule has 3 heterocycles. The number of halogens is 1. The molecule has 1 fully saturated rings. The maximum absolute atomic E-state index is 14.2. The summed E-state index contributed by atoms with van der Waals surface area (Å²) in [5.41, 5.74) is -1.01. The number of carbonyl (C=O) groups is 6. The van der Waals surface area contributed by atoms with Crippen LogP contribution in [0.3, 0.4) is 0 Å². The zero-order chi connectivity index (χ0) is 46.9. The van der Waals surface area contributed by atoms with Crippen molar-refractivity contribution < 1.29 is 66.2 Å². The molecule has 0 radical (unpaired) electrons. The Hall–Kier alpha value is -5.62. The van der Waals surface area contributed by atoms with Crippen LogP contribution in [0.5, 0.6) is 11.5 Å². The lowest BCUT2D eigenvalue weighted by molar-refractivity contribution is -0.169. The van der Waals surface area contributed by atoms with Crippen molar-refractivity contribution in [2.45, 2.75) is 89.9 Å². The number of rotatable bonds is 17. The Bertz CT molecular complexity index is 2320. The van der Waals surface area contributed by atoms with Crippen LogP contribution in [0.2, 0.25) is 0 Å². The SMILES string of the molecule is COc1ccc(COC(=O)C2=C(CI)CS(=O)[C@@H]3[C@H](NC(=O)C(=NO[C@@H](CC(=O)OC(C)(C)C)C(=O)OCc4ccc(OC)cc4)c4csc(NC(=O)OC(C)(C)C)n4)C(=O)N23)cc1. The van der Waals surface area contributed by atoms with Crippen molar-refractivity contribution in [3.63, 3.8) is 0 Å². The second-order valence-corrected chi connectivity index (χ2v) is 19.2. The fraction of sp³-hybridized carbons (Fsp3) is 0.429. The second kappa shape index (κ2) is 21.4. The second-order valence-electron chi connectivity index (χ2n) is 16.0. The molecule has 19 nitrogen and oxygen atoms in total. The molecule has 1 aromatic heterocycles. The standard InChI is InChI=1S/C42H48IN5O14S2/c1-41(2,3)60-30(49)17-29(37(52)58-19-23-9-13-26(56-7)14-10-23)62-47-31(28-21-63-39(44-28)46-40(54)61-42(4,5)6)34(50)45-32-35(51)48-33(25(18-43)22-64(55)36(32)48)38(53)59-20-24-11-15-27(57-8)16-12-24/h9-16,21,29,32,36H,17-20,22H2,1-8H3,(H,45,50)(H,44,46,54)/t29-,32+,36+,64?/m0/s1. The van der Waals surface area contributed by atoms with Crippen LogP contribution in [0, 0.1) is 0 Å². The number of nitrogens with one attached hydrogen (secondary N) is 2. The summed E-state index contributed by atoms with van der Waals surface area (Å²) < 4.78 is 46.0. The van der Waals surface area contributed by atoms with Crippen molar-refractivity contribution in [3.05, 3.63) is 82.0 Å². The highest BCUT2D eigenvalue weighted by Crippen LogP contribution is 2.36. The third kappa shape index (κ3) is 13.2. The van der Waals surface area contributed by atoms with Gasteiger partial charge in [0, 0.05) is 9.81 Å². The Balaban J connectivity index is 1.41. The molecule has 2 aliphatic rings. The summed E-state index contributed by atoms with van der Waals surface area (Å²) in [5.74, 6) is -3.46. The lowest BCUT2D eigenvalue weighted by atomic mass is 10.0. The summed E-state index contributed by atoms with van der Waals surface area (Å²) in [6.45, 7) is 9.52. The van der Waals surface area contributed by atoms with E-state index in [4.69, 9.17) is 33.3 Å². The fourth-order valence-corrected chi connectivity index (χ4v) is 9.28. The number of esters is 3. The van der Waals surface area contributed by atoms with E-state index in [-0.39, 0.29) is 39.9 Å². The number of fused-ring (bicyclic) bond motifs is 1. The number of nitrogens with zero attached hydrogens (tertiary/aromatic N) is 3. The topological polar surface area (TPSA) is 237 Å². The summed E-state index contributed by atoms with van der Waals surface area (Å²) in [5, 5.41) is 9.10. The first-order chi connectivity index (χ1) is 30.2. The number of β-lactam (4-membered cyclic amide) rings is 1. The summed E-state index contributed by atoms with van der Waals surface area (Å²) in [6.07, 6.45) is -3.30. The predicted molar refractivity (Wildman–Crippen MR) is 241 cm³/mol. The average molecular weight is 1040 g/mol. The number of methoxy groups -OCH3 is 2. The Morgan fingerprint density at radius 2 is 1.48 bits per heavy atom. The van der Waals surface area contributed by atoms with Crippen molar-refractivity contribution in [2.24, 2.45) is 5.16 Å². The normalized spacial score (nSPS) is 17.8. The monoisotopic (exact) mass is 1040 g/mol. The van der Waals surface area contributed by atoms with E-state index in [1.54, 1.807) is 90.1 Å². The number of hydrogen-bond acceptors (Lipinski definition) is 17. The molecular formula is C42H48IN5O14S2. The average Bonchev–Trinajstić information content (AvgIpc) is 3.69. The number of ether oxygens (including phenoxy) is 6. The van der Waals surface area contributed by atoms with Crippen LogP contribution < -0.4 is 20.1 Å². The van der Waals surface area contributed by atoms with Crippen molar-refractivity contribution >= 4 is 91.4 Å². The molecular weight excluding hydrogens is 990 g/mol. The quantitative estimate of drug-likeness (QED) is 0.0347.